The zero-order valence-corrected chi connectivity index (χ0v) is 12.8. The van der Waals surface area contributed by atoms with Gasteiger partial charge in [-0.05, 0) is 47.7 Å². The average molecular weight is 343 g/mol. The molecule has 4 N–H and O–H groups in total. The molecule has 7 heteroatoms. The molecule has 1 fully saturated rings. The minimum absolute atomic E-state index is 0.0786. The van der Waals surface area contributed by atoms with Gasteiger partial charge in [0.05, 0.1) is 5.56 Å². The molecule has 0 radical (unpaired) electrons. The molecule has 20 heavy (non-hydrogen) atoms. The Kier molecular flexibility index (Phi) is 5.33. The molecule has 2 rings (SSSR count). The third-order valence-corrected chi connectivity index (χ3v) is 3.99. The lowest BCUT2D eigenvalue weighted by Crippen LogP contribution is -2.45. The molecular formula is C13H19BrN4O2. The summed E-state index contributed by atoms with van der Waals surface area (Å²) in [5.74, 6) is 5.70. The predicted octanol–water partition coefficient (Wildman–Crippen LogP) is 1.51. The van der Waals surface area contributed by atoms with E-state index in [0.717, 1.165) is 23.7 Å². The number of aliphatic hydroxyl groups excluding tert-OH is 1. The summed E-state index contributed by atoms with van der Waals surface area (Å²) in [6.45, 7) is 0.631. The van der Waals surface area contributed by atoms with Crippen molar-refractivity contribution in [2.24, 2.45) is 5.84 Å². The SMILES string of the molecule is NNc1ncc(Br)cc1C(=O)N(CCCO)C1CCC1. The Balaban J connectivity index is 2.23. The van der Waals surface area contributed by atoms with Crippen molar-refractivity contribution in [3.05, 3.63) is 22.3 Å². The second kappa shape index (κ2) is 7.01. The summed E-state index contributed by atoms with van der Waals surface area (Å²) in [6.07, 6.45) is 5.35. The molecule has 0 aromatic carbocycles. The van der Waals surface area contributed by atoms with Crippen molar-refractivity contribution in [3.63, 3.8) is 0 Å². The smallest absolute Gasteiger partial charge is 0.257 e. The number of anilines is 1. The highest BCUT2D eigenvalue weighted by molar-refractivity contribution is 9.10. The fourth-order valence-electron chi connectivity index (χ4n) is 2.26. The van der Waals surface area contributed by atoms with E-state index in [1.165, 1.54) is 0 Å². The number of halogens is 1. The molecule has 1 aromatic heterocycles. The van der Waals surface area contributed by atoms with Crippen LogP contribution in [0.4, 0.5) is 5.82 Å². The molecule has 1 aliphatic rings. The molecule has 0 spiro atoms. The minimum Gasteiger partial charge on any atom is -0.396 e. The van der Waals surface area contributed by atoms with E-state index in [1.807, 2.05) is 4.90 Å². The quantitative estimate of drug-likeness (QED) is 0.538. The lowest BCUT2D eigenvalue weighted by molar-refractivity contribution is 0.0563. The van der Waals surface area contributed by atoms with E-state index in [2.05, 4.69) is 26.3 Å². The number of nitrogens with two attached hydrogens (primary N) is 1. The summed E-state index contributed by atoms with van der Waals surface area (Å²) in [4.78, 5) is 18.6. The number of nitrogen functional groups attached to an aromatic ring is 1. The summed E-state index contributed by atoms with van der Waals surface area (Å²) < 4.78 is 0.732. The first-order chi connectivity index (χ1) is 9.67. The van der Waals surface area contributed by atoms with Gasteiger partial charge in [0.25, 0.3) is 5.91 Å². The van der Waals surface area contributed by atoms with Gasteiger partial charge in [0, 0.05) is 29.9 Å². The number of aliphatic hydroxyl groups is 1. The summed E-state index contributed by atoms with van der Waals surface area (Å²) >= 11 is 3.32. The third-order valence-electron chi connectivity index (χ3n) is 3.55. The first-order valence-electron chi connectivity index (χ1n) is 6.71. The van der Waals surface area contributed by atoms with E-state index in [0.29, 0.717) is 24.3 Å². The fourth-order valence-corrected chi connectivity index (χ4v) is 2.59. The maximum atomic E-state index is 12.7. The molecule has 1 aliphatic carbocycles. The summed E-state index contributed by atoms with van der Waals surface area (Å²) in [5, 5.41) is 8.99. The Labute approximate surface area is 126 Å². The Morgan fingerprint density at radius 3 is 2.90 bits per heavy atom. The van der Waals surface area contributed by atoms with Crippen LogP contribution in [0.3, 0.4) is 0 Å². The van der Waals surface area contributed by atoms with Gasteiger partial charge < -0.3 is 15.4 Å². The lowest BCUT2D eigenvalue weighted by atomic mass is 9.91. The standard InChI is InChI=1S/C13H19BrN4O2/c14-9-7-11(12(17-15)16-8-9)13(20)18(5-2-6-19)10-3-1-4-10/h7-8,10,19H,1-6,15H2,(H,16,17). The van der Waals surface area contributed by atoms with Crippen LogP contribution in [0, 0.1) is 0 Å². The molecule has 0 bridgehead atoms. The molecule has 110 valence electrons. The molecular weight excluding hydrogens is 324 g/mol. The number of carbonyl (C=O) groups excluding carboxylic acids is 1. The molecule has 1 saturated carbocycles. The minimum atomic E-state index is -0.0927. The van der Waals surface area contributed by atoms with Crippen LogP contribution in [0.5, 0.6) is 0 Å². The summed E-state index contributed by atoms with van der Waals surface area (Å²) in [5.41, 5.74) is 2.91. The van der Waals surface area contributed by atoms with Gasteiger partial charge in [-0.1, -0.05) is 0 Å². The van der Waals surface area contributed by atoms with Crippen molar-refractivity contribution >= 4 is 27.7 Å². The molecule has 1 amide bonds. The number of carbonyl (C=O) groups is 1. The predicted molar refractivity (Wildman–Crippen MR) is 80.1 cm³/mol. The van der Waals surface area contributed by atoms with Crippen LogP contribution in [0.15, 0.2) is 16.7 Å². The molecule has 1 heterocycles. The number of nitrogens with zero attached hydrogens (tertiary/aromatic N) is 2. The van der Waals surface area contributed by atoms with Crippen molar-refractivity contribution in [3.8, 4) is 0 Å². The number of nitrogens with one attached hydrogen (secondary N) is 1. The Morgan fingerprint density at radius 1 is 1.60 bits per heavy atom. The van der Waals surface area contributed by atoms with E-state index in [4.69, 9.17) is 10.9 Å². The Hall–Kier alpha value is -1.18. The van der Waals surface area contributed by atoms with Crippen LogP contribution < -0.4 is 11.3 Å². The van der Waals surface area contributed by atoms with Gasteiger partial charge in [-0.25, -0.2) is 10.8 Å². The van der Waals surface area contributed by atoms with E-state index >= 15 is 0 Å². The van der Waals surface area contributed by atoms with Crippen molar-refractivity contribution in [2.75, 3.05) is 18.6 Å². The number of aromatic nitrogens is 1. The molecule has 0 unspecified atom stereocenters. The monoisotopic (exact) mass is 342 g/mol. The normalized spacial score (nSPS) is 14.8. The number of hydrogen-bond donors (Lipinski definition) is 3. The van der Waals surface area contributed by atoms with Crippen molar-refractivity contribution in [2.45, 2.75) is 31.7 Å². The first kappa shape index (κ1) is 15.2. The van der Waals surface area contributed by atoms with Crippen LogP contribution in [0.2, 0.25) is 0 Å². The van der Waals surface area contributed by atoms with Gasteiger partial charge in [-0.2, -0.15) is 0 Å². The molecule has 0 atom stereocenters. The van der Waals surface area contributed by atoms with E-state index in [-0.39, 0.29) is 18.6 Å². The Bertz CT molecular complexity index is 479. The third kappa shape index (κ3) is 3.28. The van der Waals surface area contributed by atoms with Gasteiger partial charge in [-0.15, -0.1) is 0 Å². The average Bonchev–Trinajstić information content (AvgIpc) is 2.40. The van der Waals surface area contributed by atoms with Crippen molar-refractivity contribution in [1.82, 2.24) is 9.88 Å². The highest BCUT2D eigenvalue weighted by Gasteiger charge is 2.30. The summed E-state index contributed by atoms with van der Waals surface area (Å²) in [6, 6.07) is 1.98. The molecule has 0 saturated heterocycles. The van der Waals surface area contributed by atoms with Crippen LogP contribution in [0.1, 0.15) is 36.0 Å². The summed E-state index contributed by atoms with van der Waals surface area (Å²) in [7, 11) is 0. The van der Waals surface area contributed by atoms with E-state index in [9.17, 15) is 4.79 Å². The fraction of sp³-hybridized carbons (Fsp3) is 0.538. The molecule has 0 aliphatic heterocycles. The van der Waals surface area contributed by atoms with Gasteiger partial charge in [-0.3, -0.25) is 4.79 Å². The van der Waals surface area contributed by atoms with Crippen LogP contribution in [-0.2, 0) is 0 Å². The zero-order valence-electron chi connectivity index (χ0n) is 11.2. The molecule has 1 aromatic rings. The van der Waals surface area contributed by atoms with Gasteiger partial charge in [0.2, 0.25) is 0 Å². The number of amides is 1. The zero-order chi connectivity index (χ0) is 14.5. The number of hydrogen-bond acceptors (Lipinski definition) is 5. The number of hydrazine groups is 1. The van der Waals surface area contributed by atoms with E-state index in [1.54, 1.807) is 12.3 Å². The highest BCUT2D eigenvalue weighted by atomic mass is 79.9. The largest absolute Gasteiger partial charge is 0.396 e. The van der Waals surface area contributed by atoms with Crippen LogP contribution in [-0.4, -0.2) is 40.1 Å². The maximum Gasteiger partial charge on any atom is 0.257 e. The number of rotatable bonds is 6. The maximum absolute atomic E-state index is 12.7. The highest BCUT2D eigenvalue weighted by Crippen LogP contribution is 2.28. The van der Waals surface area contributed by atoms with Crippen LogP contribution in [0.25, 0.3) is 0 Å². The van der Waals surface area contributed by atoms with Crippen molar-refractivity contribution in [1.29, 1.82) is 0 Å². The van der Waals surface area contributed by atoms with Gasteiger partial charge in [0.1, 0.15) is 0 Å². The van der Waals surface area contributed by atoms with Gasteiger partial charge >= 0.3 is 0 Å². The van der Waals surface area contributed by atoms with Gasteiger partial charge in [0.15, 0.2) is 5.82 Å². The van der Waals surface area contributed by atoms with Crippen LogP contribution >= 0.6 is 15.9 Å². The van der Waals surface area contributed by atoms with Crippen molar-refractivity contribution < 1.29 is 9.90 Å². The van der Waals surface area contributed by atoms with E-state index < -0.39 is 0 Å². The Morgan fingerprint density at radius 2 is 2.35 bits per heavy atom. The topological polar surface area (TPSA) is 91.5 Å². The second-order valence-corrected chi connectivity index (χ2v) is 5.77. The second-order valence-electron chi connectivity index (χ2n) is 4.85. The molecule has 6 nitrogen and oxygen atoms in total. The number of pyridine rings is 1. The lowest BCUT2D eigenvalue weighted by Gasteiger charge is -2.37. The first-order valence-corrected chi connectivity index (χ1v) is 7.50.